The van der Waals surface area contributed by atoms with Gasteiger partial charge in [-0.2, -0.15) is 5.10 Å². The number of morpholine rings is 1. The largest absolute Gasteiger partial charge is 0.379 e. The first-order valence-electron chi connectivity index (χ1n) is 10.1. The molecule has 3 rings (SSSR count). The van der Waals surface area contributed by atoms with E-state index in [0.29, 0.717) is 32.0 Å². The average Bonchev–Trinajstić information content (AvgIpc) is 3.05. The first-order valence-corrected chi connectivity index (χ1v) is 10.1. The van der Waals surface area contributed by atoms with E-state index < -0.39 is 5.82 Å². The van der Waals surface area contributed by atoms with E-state index >= 15 is 0 Å². The maximum atomic E-state index is 14.1. The Kier molecular flexibility index (Phi) is 7.53. The van der Waals surface area contributed by atoms with Gasteiger partial charge in [-0.1, -0.05) is 0 Å². The summed E-state index contributed by atoms with van der Waals surface area (Å²) in [5, 5.41) is 9.67. The van der Waals surface area contributed by atoms with Crippen LogP contribution in [0.2, 0.25) is 0 Å². The summed E-state index contributed by atoms with van der Waals surface area (Å²) in [6.07, 6.45) is 0.499. The smallest absolute Gasteiger partial charge is 0.226 e. The van der Waals surface area contributed by atoms with Crippen molar-refractivity contribution in [2.45, 2.75) is 33.2 Å². The number of carbonyl (C=O) groups excluding carboxylic acids is 2. The molecule has 0 bridgehead atoms. The summed E-state index contributed by atoms with van der Waals surface area (Å²) in [4.78, 5) is 26.6. The second-order valence-corrected chi connectivity index (χ2v) is 7.40. The first kappa shape index (κ1) is 21.9. The zero-order chi connectivity index (χ0) is 21.5. The van der Waals surface area contributed by atoms with Gasteiger partial charge >= 0.3 is 0 Å². The molecule has 0 radical (unpaired) electrons. The molecule has 2 aromatic rings. The standard InChI is InChI=1S/C21H28FN5O3/c1-15-13-16(2)27(25-15)8-6-20(28)23-17-3-4-18(22)19(14-17)24-21(29)5-7-26-9-11-30-12-10-26/h3-4,13-14H,5-12H2,1-2H3,(H,23,28)(H,24,29). The zero-order valence-electron chi connectivity index (χ0n) is 17.4. The summed E-state index contributed by atoms with van der Waals surface area (Å²) in [6, 6.07) is 6.09. The van der Waals surface area contributed by atoms with Gasteiger partial charge in [-0.25, -0.2) is 4.39 Å². The third-order valence-corrected chi connectivity index (χ3v) is 4.94. The summed E-state index contributed by atoms with van der Waals surface area (Å²) in [5.74, 6) is -1.03. The topological polar surface area (TPSA) is 88.5 Å². The van der Waals surface area contributed by atoms with E-state index in [4.69, 9.17) is 4.74 Å². The lowest BCUT2D eigenvalue weighted by Gasteiger charge is -2.26. The lowest BCUT2D eigenvalue weighted by atomic mass is 10.2. The molecular weight excluding hydrogens is 389 g/mol. The molecule has 2 amide bonds. The van der Waals surface area contributed by atoms with Crippen LogP contribution in [-0.2, 0) is 20.9 Å². The molecule has 1 aromatic heterocycles. The predicted octanol–water partition coefficient (Wildman–Crippen LogP) is 2.33. The second-order valence-electron chi connectivity index (χ2n) is 7.40. The summed E-state index contributed by atoms with van der Waals surface area (Å²) in [5.41, 5.74) is 2.38. The van der Waals surface area contributed by atoms with Gasteiger partial charge in [0.05, 0.1) is 24.6 Å². The number of rotatable bonds is 8. The first-order chi connectivity index (χ1) is 14.4. The second kappa shape index (κ2) is 10.3. The Morgan fingerprint density at radius 2 is 1.77 bits per heavy atom. The van der Waals surface area contributed by atoms with E-state index in [1.807, 2.05) is 19.9 Å². The lowest BCUT2D eigenvalue weighted by Crippen LogP contribution is -2.38. The predicted molar refractivity (Wildman–Crippen MR) is 112 cm³/mol. The fourth-order valence-electron chi connectivity index (χ4n) is 3.33. The zero-order valence-corrected chi connectivity index (χ0v) is 17.4. The molecule has 1 saturated heterocycles. The maximum absolute atomic E-state index is 14.1. The summed E-state index contributed by atoms with van der Waals surface area (Å²) in [6.45, 7) is 7.80. The van der Waals surface area contributed by atoms with Gasteiger partial charge in [0.15, 0.2) is 0 Å². The fourth-order valence-corrected chi connectivity index (χ4v) is 3.33. The molecule has 8 nitrogen and oxygen atoms in total. The molecule has 0 aliphatic carbocycles. The fraction of sp³-hybridized carbons (Fsp3) is 0.476. The number of nitrogens with one attached hydrogen (secondary N) is 2. The van der Waals surface area contributed by atoms with Crippen LogP contribution in [0.25, 0.3) is 0 Å². The van der Waals surface area contributed by atoms with E-state index in [1.54, 1.807) is 4.68 Å². The number of nitrogens with zero attached hydrogens (tertiary/aromatic N) is 3. The van der Waals surface area contributed by atoms with Gasteiger partial charge in [-0.3, -0.25) is 19.2 Å². The van der Waals surface area contributed by atoms with Crippen LogP contribution in [0.4, 0.5) is 15.8 Å². The molecule has 1 fully saturated rings. The van der Waals surface area contributed by atoms with Crippen molar-refractivity contribution in [1.82, 2.24) is 14.7 Å². The average molecular weight is 417 g/mol. The minimum Gasteiger partial charge on any atom is -0.379 e. The lowest BCUT2D eigenvalue weighted by molar-refractivity contribution is -0.117. The highest BCUT2D eigenvalue weighted by Gasteiger charge is 2.14. The molecule has 0 atom stereocenters. The number of carbonyl (C=O) groups is 2. The molecule has 2 heterocycles. The Balaban J connectivity index is 1.50. The van der Waals surface area contributed by atoms with E-state index in [0.717, 1.165) is 24.5 Å². The van der Waals surface area contributed by atoms with Crippen molar-refractivity contribution in [3.8, 4) is 0 Å². The highest BCUT2D eigenvalue weighted by Crippen LogP contribution is 2.20. The van der Waals surface area contributed by atoms with Gasteiger partial charge in [0.1, 0.15) is 5.82 Å². The van der Waals surface area contributed by atoms with Gasteiger partial charge in [0.2, 0.25) is 11.8 Å². The Bertz CT molecular complexity index is 893. The number of hydrogen-bond donors (Lipinski definition) is 2. The van der Waals surface area contributed by atoms with Crippen LogP contribution in [0.15, 0.2) is 24.3 Å². The van der Waals surface area contributed by atoms with Crippen LogP contribution in [0.1, 0.15) is 24.2 Å². The van der Waals surface area contributed by atoms with Crippen molar-refractivity contribution >= 4 is 23.2 Å². The number of hydrogen-bond acceptors (Lipinski definition) is 5. The molecule has 1 aliphatic rings. The third kappa shape index (κ3) is 6.36. The van der Waals surface area contributed by atoms with Gasteiger partial charge in [-0.15, -0.1) is 0 Å². The number of aromatic nitrogens is 2. The van der Waals surface area contributed by atoms with Crippen LogP contribution in [0, 0.1) is 19.7 Å². The van der Waals surface area contributed by atoms with Crippen molar-refractivity contribution in [3.63, 3.8) is 0 Å². The van der Waals surface area contributed by atoms with E-state index in [1.165, 1.54) is 18.2 Å². The van der Waals surface area contributed by atoms with Crippen LogP contribution >= 0.6 is 0 Å². The Labute approximate surface area is 175 Å². The highest BCUT2D eigenvalue weighted by molar-refractivity contribution is 5.94. The molecule has 0 unspecified atom stereocenters. The van der Waals surface area contributed by atoms with E-state index in [-0.39, 0.29) is 30.3 Å². The normalized spacial score (nSPS) is 14.5. The Hall–Kier alpha value is -2.78. The van der Waals surface area contributed by atoms with Crippen molar-refractivity contribution in [2.75, 3.05) is 43.5 Å². The number of ether oxygens (including phenoxy) is 1. The molecule has 1 aliphatic heterocycles. The minimum absolute atomic E-state index is 0.0540. The quantitative estimate of drug-likeness (QED) is 0.688. The molecular formula is C21H28FN5O3. The molecule has 2 N–H and O–H groups in total. The van der Waals surface area contributed by atoms with Crippen LogP contribution in [0.5, 0.6) is 0 Å². The van der Waals surface area contributed by atoms with Crippen molar-refractivity contribution in [2.24, 2.45) is 0 Å². The maximum Gasteiger partial charge on any atom is 0.226 e. The minimum atomic E-state index is -0.546. The summed E-state index contributed by atoms with van der Waals surface area (Å²) < 4.78 is 21.2. The molecule has 1 aromatic carbocycles. The number of halogens is 1. The van der Waals surface area contributed by atoms with Gasteiger partial charge in [-0.05, 0) is 38.1 Å². The number of benzene rings is 1. The molecule has 0 spiro atoms. The van der Waals surface area contributed by atoms with Gasteiger partial charge < -0.3 is 15.4 Å². The SMILES string of the molecule is Cc1cc(C)n(CCC(=O)Nc2ccc(F)c(NC(=O)CCN3CCOCC3)c2)n1. The van der Waals surface area contributed by atoms with Gasteiger partial charge in [0.25, 0.3) is 0 Å². The monoisotopic (exact) mass is 417 g/mol. The molecule has 0 saturated carbocycles. The Morgan fingerprint density at radius 3 is 2.47 bits per heavy atom. The molecule has 30 heavy (non-hydrogen) atoms. The van der Waals surface area contributed by atoms with Crippen molar-refractivity contribution in [1.29, 1.82) is 0 Å². The third-order valence-electron chi connectivity index (χ3n) is 4.94. The number of aryl methyl sites for hydroxylation is 3. The summed E-state index contributed by atoms with van der Waals surface area (Å²) in [7, 11) is 0. The van der Waals surface area contributed by atoms with Crippen LogP contribution < -0.4 is 10.6 Å². The van der Waals surface area contributed by atoms with E-state index in [2.05, 4.69) is 20.6 Å². The van der Waals surface area contributed by atoms with Crippen LogP contribution in [-0.4, -0.2) is 59.3 Å². The molecule has 9 heteroatoms. The highest BCUT2D eigenvalue weighted by atomic mass is 19.1. The Morgan fingerprint density at radius 1 is 1.07 bits per heavy atom. The van der Waals surface area contributed by atoms with E-state index in [9.17, 15) is 14.0 Å². The van der Waals surface area contributed by atoms with Crippen molar-refractivity contribution in [3.05, 3.63) is 41.5 Å². The van der Waals surface area contributed by atoms with Crippen LogP contribution in [0.3, 0.4) is 0 Å². The number of amides is 2. The summed E-state index contributed by atoms with van der Waals surface area (Å²) >= 11 is 0. The van der Waals surface area contributed by atoms with Gasteiger partial charge in [0, 0.05) is 50.4 Å². The van der Waals surface area contributed by atoms with Crippen molar-refractivity contribution < 1.29 is 18.7 Å². The number of anilines is 2. The molecule has 162 valence electrons.